The molecule has 8 nitrogen and oxygen atoms in total. The van der Waals surface area contributed by atoms with Crippen molar-refractivity contribution in [1.82, 2.24) is 4.90 Å². The summed E-state index contributed by atoms with van der Waals surface area (Å²) in [6, 6.07) is 13.8. The molecule has 2 aromatic rings. The summed E-state index contributed by atoms with van der Waals surface area (Å²) in [4.78, 5) is 37.9. The highest BCUT2D eigenvalue weighted by Crippen LogP contribution is 2.19. The van der Waals surface area contributed by atoms with Crippen LogP contribution in [-0.2, 0) is 20.9 Å². The third kappa shape index (κ3) is 6.46. The largest absolute Gasteiger partial charge is 0.452 e. The zero-order chi connectivity index (χ0) is 21.4. The quantitative estimate of drug-likeness (QED) is 0.294. The molecule has 0 bridgehead atoms. The first-order valence-electron chi connectivity index (χ1n) is 8.86. The first-order chi connectivity index (χ1) is 13.8. The van der Waals surface area contributed by atoms with Crippen molar-refractivity contribution in [3.05, 3.63) is 75.8 Å². The highest BCUT2D eigenvalue weighted by atomic mass is 16.6. The lowest BCUT2D eigenvalue weighted by Gasteiger charge is -2.18. The summed E-state index contributed by atoms with van der Waals surface area (Å²) in [5.41, 5.74) is 2.17. The molecule has 0 fully saturated rings. The van der Waals surface area contributed by atoms with E-state index in [0.29, 0.717) is 6.54 Å². The molecule has 0 N–H and O–H groups in total. The summed E-state index contributed by atoms with van der Waals surface area (Å²) in [7, 11) is 5.52. The number of esters is 1. The average molecular weight is 397 g/mol. The van der Waals surface area contributed by atoms with Crippen LogP contribution in [0.5, 0.6) is 0 Å². The van der Waals surface area contributed by atoms with E-state index in [0.717, 1.165) is 17.3 Å². The van der Waals surface area contributed by atoms with Gasteiger partial charge in [-0.3, -0.25) is 14.9 Å². The molecule has 0 aromatic heterocycles. The molecule has 0 saturated heterocycles. The van der Waals surface area contributed by atoms with E-state index in [9.17, 15) is 19.7 Å². The van der Waals surface area contributed by atoms with E-state index >= 15 is 0 Å². The van der Waals surface area contributed by atoms with Crippen LogP contribution in [0.15, 0.2) is 54.6 Å². The summed E-state index contributed by atoms with van der Waals surface area (Å²) in [6.07, 6.45) is 2.36. The van der Waals surface area contributed by atoms with Crippen LogP contribution in [0.25, 0.3) is 6.08 Å². The molecule has 0 unspecified atom stereocenters. The minimum Gasteiger partial charge on any atom is -0.452 e. The van der Waals surface area contributed by atoms with E-state index in [-0.39, 0.29) is 17.2 Å². The van der Waals surface area contributed by atoms with Gasteiger partial charge in [0.15, 0.2) is 6.61 Å². The Morgan fingerprint density at radius 1 is 1.07 bits per heavy atom. The topological polar surface area (TPSA) is 93.0 Å². The van der Waals surface area contributed by atoms with Crippen LogP contribution in [0.2, 0.25) is 0 Å². The predicted molar refractivity (Wildman–Crippen MR) is 110 cm³/mol. The number of nitro benzene ring substituents is 1. The normalized spacial score (nSPS) is 10.6. The molecule has 0 spiro atoms. The van der Waals surface area contributed by atoms with Crippen LogP contribution in [0.3, 0.4) is 0 Å². The molecule has 0 aliphatic rings. The highest BCUT2D eigenvalue weighted by Gasteiger charge is 2.13. The van der Waals surface area contributed by atoms with Gasteiger partial charge in [-0.05, 0) is 29.8 Å². The second kappa shape index (κ2) is 10.0. The van der Waals surface area contributed by atoms with Crippen LogP contribution in [0.4, 0.5) is 11.4 Å². The number of carbonyl (C=O) groups is 2. The number of anilines is 1. The molecule has 0 aliphatic heterocycles. The Labute approximate surface area is 169 Å². The number of carbonyl (C=O) groups excluding carboxylic acids is 2. The van der Waals surface area contributed by atoms with Crippen molar-refractivity contribution in [1.29, 1.82) is 0 Å². The number of nitrogens with zero attached hydrogens (tertiary/aromatic N) is 3. The number of benzene rings is 2. The molecular formula is C21H23N3O5. The van der Waals surface area contributed by atoms with Crippen molar-refractivity contribution >= 4 is 29.3 Å². The van der Waals surface area contributed by atoms with Crippen molar-refractivity contribution in [2.75, 3.05) is 32.6 Å². The number of ether oxygens (including phenoxy) is 1. The molecule has 0 heterocycles. The van der Waals surface area contributed by atoms with Gasteiger partial charge in [0.05, 0.1) is 10.5 Å². The molecule has 0 atom stereocenters. The Balaban J connectivity index is 1.86. The highest BCUT2D eigenvalue weighted by molar-refractivity contribution is 5.89. The maximum atomic E-state index is 12.2. The first kappa shape index (κ1) is 21.6. The number of para-hydroxylation sites is 1. The zero-order valence-electron chi connectivity index (χ0n) is 16.6. The Bertz CT molecular complexity index is 907. The second-order valence-corrected chi connectivity index (χ2v) is 6.57. The lowest BCUT2D eigenvalue weighted by Crippen LogP contribution is -2.30. The van der Waals surface area contributed by atoms with Gasteiger partial charge in [0.2, 0.25) is 0 Å². The standard InChI is InChI=1S/C21H23N3O5/c1-22(2)18-11-8-16(9-12-18)14-23(3)20(25)15-29-21(26)13-10-17-6-4-5-7-19(17)24(27)28/h4-13H,14-15H2,1-3H3/b13-10+. The average Bonchev–Trinajstić information content (AvgIpc) is 2.70. The van der Waals surface area contributed by atoms with Gasteiger partial charge in [-0.2, -0.15) is 0 Å². The molecule has 2 aromatic carbocycles. The molecule has 0 saturated carbocycles. The van der Waals surface area contributed by atoms with Gasteiger partial charge in [-0.1, -0.05) is 24.3 Å². The van der Waals surface area contributed by atoms with E-state index in [1.54, 1.807) is 13.1 Å². The summed E-state index contributed by atoms with van der Waals surface area (Å²) < 4.78 is 4.94. The SMILES string of the molecule is CN(Cc1ccc(N(C)C)cc1)C(=O)COC(=O)/C=C/c1ccccc1[N+](=O)[O-]. The van der Waals surface area contributed by atoms with Crippen LogP contribution >= 0.6 is 0 Å². The Morgan fingerprint density at radius 3 is 2.34 bits per heavy atom. The fraction of sp³-hybridized carbons (Fsp3) is 0.238. The summed E-state index contributed by atoms with van der Waals surface area (Å²) >= 11 is 0. The smallest absolute Gasteiger partial charge is 0.331 e. The van der Waals surface area contributed by atoms with Gasteiger partial charge in [-0.25, -0.2) is 4.79 Å². The van der Waals surface area contributed by atoms with Crippen molar-refractivity contribution in [2.24, 2.45) is 0 Å². The molecule has 0 radical (unpaired) electrons. The van der Waals surface area contributed by atoms with Gasteiger partial charge < -0.3 is 14.5 Å². The number of hydrogen-bond acceptors (Lipinski definition) is 6. The van der Waals surface area contributed by atoms with Crippen molar-refractivity contribution in [2.45, 2.75) is 6.54 Å². The lowest BCUT2D eigenvalue weighted by molar-refractivity contribution is -0.385. The van der Waals surface area contributed by atoms with Gasteiger partial charge in [0, 0.05) is 45.5 Å². The van der Waals surface area contributed by atoms with Crippen LogP contribution in [-0.4, -0.2) is 49.4 Å². The predicted octanol–water partition coefficient (Wildman–Crippen LogP) is 2.88. The number of nitro groups is 1. The molecule has 29 heavy (non-hydrogen) atoms. The van der Waals surface area contributed by atoms with E-state index in [1.807, 2.05) is 43.3 Å². The number of hydrogen-bond donors (Lipinski definition) is 0. The van der Waals surface area contributed by atoms with Crippen LogP contribution in [0.1, 0.15) is 11.1 Å². The Kier molecular flexibility index (Phi) is 7.47. The van der Waals surface area contributed by atoms with Gasteiger partial charge in [-0.15, -0.1) is 0 Å². The zero-order valence-corrected chi connectivity index (χ0v) is 16.6. The molecule has 8 heteroatoms. The van der Waals surface area contributed by atoms with E-state index < -0.39 is 17.5 Å². The van der Waals surface area contributed by atoms with E-state index in [4.69, 9.17) is 4.74 Å². The summed E-state index contributed by atoms with van der Waals surface area (Å²) in [5, 5.41) is 11.0. The first-order valence-corrected chi connectivity index (χ1v) is 8.86. The fourth-order valence-electron chi connectivity index (χ4n) is 2.51. The van der Waals surface area contributed by atoms with Crippen molar-refractivity contribution < 1.29 is 19.2 Å². The number of rotatable bonds is 8. The maximum Gasteiger partial charge on any atom is 0.331 e. The second-order valence-electron chi connectivity index (χ2n) is 6.57. The minimum atomic E-state index is -0.750. The molecule has 152 valence electrons. The van der Waals surface area contributed by atoms with E-state index in [1.165, 1.54) is 29.2 Å². The van der Waals surface area contributed by atoms with Crippen molar-refractivity contribution in [3.8, 4) is 0 Å². The van der Waals surface area contributed by atoms with E-state index in [2.05, 4.69) is 0 Å². The summed E-state index contributed by atoms with van der Waals surface area (Å²) in [5.74, 6) is -1.10. The van der Waals surface area contributed by atoms with Gasteiger partial charge >= 0.3 is 5.97 Å². The number of likely N-dealkylation sites (N-methyl/N-ethyl adjacent to an activating group) is 1. The molecule has 0 aliphatic carbocycles. The lowest BCUT2D eigenvalue weighted by atomic mass is 10.1. The molecular weight excluding hydrogens is 374 g/mol. The Hall–Kier alpha value is -3.68. The monoisotopic (exact) mass is 397 g/mol. The molecule has 1 amide bonds. The minimum absolute atomic E-state index is 0.118. The Morgan fingerprint density at radius 2 is 1.72 bits per heavy atom. The van der Waals surface area contributed by atoms with Crippen molar-refractivity contribution in [3.63, 3.8) is 0 Å². The van der Waals surface area contributed by atoms with Crippen LogP contribution in [0, 0.1) is 10.1 Å². The maximum absolute atomic E-state index is 12.2. The van der Waals surface area contributed by atoms with Crippen LogP contribution < -0.4 is 4.90 Å². The summed E-state index contributed by atoms with van der Waals surface area (Å²) in [6.45, 7) is -0.0253. The molecule has 2 rings (SSSR count). The fourth-order valence-corrected chi connectivity index (χ4v) is 2.51. The van der Waals surface area contributed by atoms with Gasteiger partial charge in [0.1, 0.15) is 0 Å². The number of amides is 1. The van der Waals surface area contributed by atoms with Gasteiger partial charge in [0.25, 0.3) is 11.6 Å². The third-order valence-electron chi connectivity index (χ3n) is 4.17. The third-order valence-corrected chi connectivity index (χ3v) is 4.17.